The van der Waals surface area contributed by atoms with E-state index in [9.17, 15) is 8.42 Å². The van der Waals surface area contributed by atoms with Gasteiger partial charge in [-0.15, -0.1) is 0 Å². The fourth-order valence-electron chi connectivity index (χ4n) is 4.11. The number of pyridine rings is 1. The Morgan fingerprint density at radius 1 is 1.13 bits per heavy atom. The molecule has 1 saturated carbocycles. The topological polar surface area (TPSA) is 76.3 Å². The smallest absolute Gasteiger partial charge is 0.243 e. The second-order valence-electron chi connectivity index (χ2n) is 6.67. The average Bonchev–Trinajstić information content (AvgIpc) is 3.01. The fraction of sp³-hybridized carbons (Fsp3) is 0.471. The normalized spacial score (nSPS) is 28.8. The van der Waals surface area contributed by atoms with E-state index in [0.29, 0.717) is 40.7 Å². The molecule has 0 spiro atoms. The molecule has 2 aliphatic rings. The van der Waals surface area contributed by atoms with Crippen molar-refractivity contribution in [3.63, 3.8) is 0 Å². The number of rotatable bonds is 2. The van der Waals surface area contributed by atoms with Crippen LogP contribution in [-0.4, -0.2) is 36.8 Å². The van der Waals surface area contributed by atoms with E-state index in [1.165, 1.54) is 0 Å². The zero-order valence-electron chi connectivity index (χ0n) is 12.9. The summed E-state index contributed by atoms with van der Waals surface area (Å²) >= 11 is 0. The van der Waals surface area contributed by atoms with E-state index in [1.807, 2.05) is 12.1 Å². The van der Waals surface area contributed by atoms with Crippen molar-refractivity contribution in [2.24, 2.45) is 17.6 Å². The Bertz CT molecular complexity index is 831. The number of fused-ring (bicyclic) bond motifs is 2. The van der Waals surface area contributed by atoms with E-state index in [2.05, 4.69) is 4.98 Å². The Labute approximate surface area is 136 Å². The van der Waals surface area contributed by atoms with Crippen LogP contribution in [0.3, 0.4) is 0 Å². The molecule has 1 aromatic carbocycles. The van der Waals surface area contributed by atoms with Crippen LogP contribution in [0.5, 0.6) is 0 Å². The van der Waals surface area contributed by atoms with Gasteiger partial charge in [0, 0.05) is 30.7 Å². The van der Waals surface area contributed by atoms with Crippen LogP contribution in [0, 0.1) is 11.8 Å². The Balaban J connectivity index is 1.73. The molecule has 5 nitrogen and oxygen atoms in total. The molecular weight excluding hydrogens is 310 g/mol. The van der Waals surface area contributed by atoms with Gasteiger partial charge in [0.15, 0.2) is 0 Å². The van der Waals surface area contributed by atoms with Crippen molar-refractivity contribution in [3.05, 3.63) is 36.5 Å². The highest BCUT2D eigenvalue weighted by Gasteiger charge is 2.43. The first-order chi connectivity index (χ1) is 11.1. The molecule has 2 N–H and O–H groups in total. The third-order valence-corrected chi connectivity index (χ3v) is 7.23. The van der Waals surface area contributed by atoms with Crippen LogP contribution in [0.4, 0.5) is 0 Å². The Morgan fingerprint density at radius 2 is 2.00 bits per heavy atom. The minimum Gasteiger partial charge on any atom is -0.327 e. The molecule has 0 bridgehead atoms. The first-order valence-corrected chi connectivity index (χ1v) is 9.61. The van der Waals surface area contributed by atoms with Crippen molar-refractivity contribution in [1.29, 1.82) is 0 Å². The number of nitrogens with zero attached hydrogens (tertiary/aromatic N) is 2. The summed E-state index contributed by atoms with van der Waals surface area (Å²) in [6.45, 7) is 1.14. The first kappa shape index (κ1) is 15.1. The van der Waals surface area contributed by atoms with Crippen LogP contribution in [0.15, 0.2) is 41.4 Å². The molecule has 4 rings (SSSR count). The van der Waals surface area contributed by atoms with Crippen molar-refractivity contribution >= 4 is 20.9 Å². The Kier molecular flexibility index (Phi) is 3.63. The molecule has 1 aliphatic carbocycles. The van der Waals surface area contributed by atoms with Crippen molar-refractivity contribution in [2.75, 3.05) is 13.1 Å². The van der Waals surface area contributed by atoms with Gasteiger partial charge >= 0.3 is 0 Å². The zero-order chi connectivity index (χ0) is 16.0. The summed E-state index contributed by atoms with van der Waals surface area (Å²) in [5.41, 5.74) is 6.93. The van der Waals surface area contributed by atoms with E-state index >= 15 is 0 Å². The predicted molar refractivity (Wildman–Crippen MR) is 89.3 cm³/mol. The fourth-order valence-corrected chi connectivity index (χ4v) is 5.85. The van der Waals surface area contributed by atoms with Gasteiger partial charge in [-0.25, -0.2) is 8.42 Å². The number of nitrogens with two attached hydrogens (primary N) is 1. The Morgan fingerprint density at radius 3 is 2.83 bits per heavy atom. The molecule has 1 aliphatic heterocycles. The molecule has 1 saturated heterocycles. The lowest BCUT2D eigenvalue weighted by molar-refractivity contribution is 0.260. The molecule has 2 fully saturated rings. The van der Waals surface area contributed by atoms with Gasteiger partial charge in [0.05, 0.1) is 10.4 Å². The largest absolute Gasteiger partial charge is 0.327 e. The van der Waals surface area contributed by atoms with Gasteiger partial charge < -0.3 is 5.73 Å². The third-order valence-electron chi connectivity index (χ3n) is 5.34. The van der Waals surface area contributed by atoms with E-state index in [1.54, 1.807) is 28.7 Å². The van der Waals surface area contributed by atoms with Crippen LogP contribution in [0.1, 0.15) is 19.3 Å². The van der Waals surface area contributed by atoms with Crippen LogP contribution in [-0.2, 0) is 10.0 Å². The molecule has 122 valence electrons. The third kappa shape index (κ3) is 2.45. The number of aromatic nitrogens is 1. The monoisotopic (exact) mass is 331 g/mol. The van der Waals surface area contributed by atoms with Crippen molar-refractivity contribution < 1.29 is 8.42 Å². The zero-order valence-corrected chi connectivity index (χ0v) is 13.7. The van der Waals surface area contributed by atoms with Gasteiger partial charge in [-0.2, -0.15) is 4.31 Å². The van der Waals surface area contributed by atoms with Gasteiger partial charge in [-0.3, -0.25) is 4.98 Å². The Hall–Kier alpha value is -1.50. The molecule has 1 aromatic heterocycles. The maximum atomic E-state index is 13.2. The van der Waals surface area contributed by atoms with Crippen LogP contribution in [0.2, 0.25) is 0 Å². The number of benzene rings is 1. The summed E-state index contributed by atoms with van der Waals surface area (Å²) in [5, 5.41) is 0.689. The van der Waals surface area contributed by atoms with Crippen molar-refractivity contribution in [1.82, 2.24) is 9.29 Å². The standard InChI is InChI=1S/C17H21N3O2S/c18-15-6-1-4-12-10-20(11-14(12)15)23(21,22)17-8-2-7-16-13(17)5-3-9-19-16/h2-3,5,7-9,12,14-15H,1,4,6,10-11,18H2. The second-order valence-corrected chi connectivity index (χ2v) is 8.57. The van der Waals surface area contributed by atoms with Gasteiger partial charge in [0.25, 0.3) is 0 Å². The van der Waals surface area contributed by atoms with Crippen molar-refractivity contribution in [2.45, 2.75) is 30.2 Å². The van der Waals surface area contributed by atoms with E-state index in [0.717, 1.165) is 19.3 Å². The maximum absolute atomic E-state index is 13.2. The first-order valence-electron chi connectivity index (χ1n) is 8.17. The molecule has 3 atom stereocenters. The minimum atomic E-state index is -3.51. The lowest BCUT2D eigenvalue weighted by atomic mass is 9.78. The molecule has 0 radical (unpaired) electrons. The highest BCUT2D eigenvalue weighted by molar-refractivity contribution is 7.89. The summed E-state index contributed by atoms with van der Waals surface area (Å²) in [6.07, 6.45) is 4.88. The highest BCUT2D eigenvalue weighted by Crippen LogP contribution is 2.38. The van der Waals surface area contributed by atoms with Crippen molar-refractivity contribution in [3.8, 4) is 0 Å². The van der Waals surface area contributed by atoms with Gasteiger partial charge in [0.1, 0.15) is 0 Å². The van der Waals surface area contributed by atoms with Gasteiger partial charge in [0.2, 0.25) is 10.0 Å². The molecule has 23 heavy (non-hydrogen) atoms. The highest BCUT2D eigenvalue weighted by atomic mass is 32.2. The molecule has 2 aromatic rings. The molecule has 2 heterocycles. The lowest BCUT2D eigenvalue weighted by Crippen LogP contribution is -2.38. The lowest BCUT2D eigenvalue weighted by Gasteiger charge is -2.29. The number of hydrogen-bond acceptors (Lipinski definition) is 4. The van der Waals surface area contributed by atoms with Gasteiger partial charge in [-0.05, 0) is 48.9 Å². The van der Waals surface area contributed by atoms with E-state index in [-0.39, 0.29) is 6.04 Å². The summed E-state index contributed by atoms with van der Waals surface area (Å²) < 4.78 is 27.9. The van der Waals surface area contributed by atoms with E-state index in [4.69, 9.17) is 5.73 Å². The number of sulfonamides is 1. The predicted octanol–water partition coefficient (Wildman–Crippen LogP) is 1.98. The van der Waals surface area contributed by atoms with E-state index < -0.39 is 10.0 Å². The van der Waals surface area contributed by atoms with Crippen LogP contribution in [0.25, 0.3) is 10.9 Å². The van der Waals surface area contributed by atoms with Crippen LogP contribution < -0.4 is 5.73 Å². The van der Waals surface area contributed by atoms with Crippen LogP contribution >= 0.6 is 0 Å². The summed E-state index contributed by atoms with van der Waals surface area (Å²) in [5.74, 6) is 0.702. The van der Waals surface area contributed by atoms with Gasteiger partial charge in [-0.1, -0.05) is 12.5 Å². The quantitative estimate of drug-likeness (QED) is 0.913. The summed E-state index contributed by atoms with van der Waals surface area (Å²) in [7, 11) is -3.51. The SMILES string of the molecule is NC1CCCC2CN(S(=O)(=O)c3cccc4ncccc34)CC12. The maximum Gasteiger partial charge on any atom is 0.243 e. The molecule has 6 heteroatoms. The average molecular weight is 331 g/mol. The molecule has 3 unspecified atom stereocenters. The summed E-state index contributed by atoms with van der Waals surface area (Å²) in [4.78, 5) is 4.62. The minimum absolute atomic E-state index is 0.128. The molecule has 0 amide bonds. The molecular formula is C17H21N3O2S. The summed E-state index contributed by atoms with van der Waals surface area (Å²) in [6, 6.07) is 9.01. The number of hydrogen-bond donors (Lipinski definition) is 1. The second kappa shape index (κ2) is 5.54.